The maximum atomic E-state index is 11.4. The van der Waals surface area contributed by atoms with Crippen LogP contribution in [-0.2, 0) is 11.8 Å². The van der Waals surface area contributed by atoms with Gasteiger partial charge in [-0.2, -0.15) is 0 Å². The largest absolute Gasteiger partial charge is 0.478 e. The first-order valence-electron chi connectivity index (χ1n) is 13.2. The summed E-state index contributed by atoms with van der Waals surface area (Å²) in [4.78, 5) is 11.2. The van der Waals surface area contributed by atoms with Crippen molar-refractivity contribution in [2.75, 3.05) is 11.9 Å². The van der Waals surface area contributed by atoms with E-state index in [2.05, 4.69) is 93.4 Å². The topological polar surface area (TPSA) is 69.6 Å². The van der Waals surface area contributed by atoms with Gasteiger partial charge in [-0.1, -0.05) is 92.8 Å². The first-order chi connectivity index (χ1) is 18.6. The van der Waals surface area contributed by atoms with Crippen molar-refractivity contribution < 1.29 is 15.0 Å². The summed E-state index contributed by atoms with van der Waals surface area (Å²) >= 11 is 0. The molecule has 1 unspecified atom stereocenters. The van der Waals surface area contributed by atoms with Gasteiger partial charge < -0.3 is 15.5 Å². The number of aryl methyl sites for hydroxylation is 1. The number of carboxylic acid groups (broad SMARTS) is 1. The molecule has 0 heterocycles. The van der Waals surface area contributed by atoms with Gasteiger partial charge in [-0.15, -0.1) is 0 Å². The summed E-state index contributed by atoms with van der Waals surface area (Å²) in [6.07, 6.45) is -0.207. The number of aliphatic hydroxyl groups is 1. The Balaban J connectivity index is 1.78. The van der Waals surface area contributed by atoms with Crippen LogP contribution in [0.5, 0.6) is 0 Å². The number of carboxylic acids is 1. The molecule has 1 atom stereocenters. The summed E-state index contributed by atoms with van der Waals surface area (Å²) in [6, 6.07) is 29.4. The highest BCUT2D eigenvalue weighted by molar-refractivity contribution is 5.87. The van der Waals surface area contributed by atoms with Gasteiger partial charge in [0.25, 0.3) is 0 Å². The molecule has 4 aromatic carbocycles. The van der Waals surface area contributed by atoms with Crippen LogP contribution in [0.15, 0.2) is 91.0 Å². The van der Waals surface area contributed by atoms with E-state index in [9.17, 15) is 9.90 Å². The summed E-state index contributed by atoms with van der Waals surface area (Å²) in [5.74, 6) is 5.04. The number of aliphatic hydroxyl groups excluding tert-OH is 1. The van der Waals surface area contributed by atoms with E-state index in [-0.39, 0.29) is 11.0 Å². The third-order valence-electron chi connectivity index (χ3n) is 6.74. The lowest BCUT2D eigenvalue weighted by Gasteiger charge is -2.26. The van der Waals surface area contributed by atoms with Gasteiger partial charge in [-0.3, -0.25) is 0 Å². The smallest absolute Gasteiger partial charge is 0.335 e. The lowest BCUT2D eigenvalue weighted by atomic mass is 9.82. The van der Waals surface area contributed by atoms with E-state index in [1.54, 1.807) is 12.1 Å². The van der Waals surface area contributed by atoms with E-state index in [1.165, 1.54) is 23.3 Å². The molecule has 0 spiro atoms. The standard InChI is InChI=1S/C35H35NO3/c1-24-10-15-27(16-11-24)30-22-29(35(2,3)4)23-31(33(30)36-21-20-25-8-6-5-7-9-25)32(37)19-14-26-12-17-28(18-13-26)34(38)39/h5-13,15-18,22-23,32,36-37H,20-21H2,1-4H3,(H,38,39). The lowest BCUT2D eigenvalue weighted by Crippen LogP contribution is -2.15. The normalized spacial score (nSPS) is 11.8. The fourth-order valence-corrected chi connectivity index (χ4v) is 4.37. The maximum Gasteiger partial charge on any atom is 0.335 e. The molecule has 0 saturated carbocycles. The summed E-state index contributed by atoms with van der Waals surface area (Å²) in [5, 5.41) is 24.2. The first-order valence-corrected chi connectivity index (χ1v) is 13.2. The van der Waals surface area contributed by atoms with E-state index in [4.69, 9.17) is 5.11 Å². The minimum absolute atomic E-state index is 0.142. The molecule has 0 saturated heterocycles. The van der Waals surface area contributed by atoms with Crippen molar-refractivity contribution in [3.8, 4) is 23.0 Å². The number of benzene rings is 4. The van der Waals surface area contributed by atoms with Gasteiger partial charge in [-0.05, 0) is 71.8 Å². The second-order valence-electron chi connectivity index (χ2n) is 10.8. The highest BCUT2D eigenvalue weighted by Gasteiger charge is 2.22. The lowest BCUT2D eigenvalue weighted by molar-refractivity contribution is 0.0697. The zero-order chi connectivity index (χ0) is 28.0. The molecule has 0 amide bonds. The molecule has 4 aromatic rings. The summed E-state index contributed by atoms with van der Waals surface area (Å²) < 4.78 is 0. The molecule has 0 aliphatic rings. The van der Waals surface area contributed by atoms with E-state index < -0.39 is 12.1 Å². The van der Waals surface area contributed by atoms with Gasteiger partial charge in [-0.25, -0.2) is 4.79 Å². The van der Waals surface area contributed by atoms with Crippen molar-refractivity contribution in [3.05, 3.63) is 124 Å². The molecular weight excluding hydrogens is 482 g/mol. The Morgan fingerprint density at radius 1 is 0.923 bits per heavy atom. The van der Waals surface area contributed by atoms with Crippen LogP contribution in [0.4, 0.5) is 5.69 Å². The predicted octanol–water partition coefficient (Wildman–Crippen LogP) is 7.40. The van der Waals surface area contributed by atoms with Gasteiger partial charge in [0.05, 0.1) is 5.56 Å². The zero-order valence-electron chi connectivity index (χ0n) is 23.0. The summed E-state index contributed by atoms with van der Waals surface area (Å²) in [5.41, 5.74) is 7.91. The molecule has 0 bridgehead atoms. The van der Waals surface area contributed by atoms with Gasteiger partial charge in [0, 0.05) is 28.9 Å². The van der Waals surface area contributed by atoms with Crippen LogP contribution in [0, 0.1) is 18.8 Å². The molecule has 0 aliphatic heterocycles. The minimum Gasteiger partial charge on any atom is -0.478 e. The number of rotatable bonds is 7. The molecular formula is C35H35NO3. The molecule has 4 heteroatoms. The number of aromatic carboxylic acids is 1. The predicted molar refractivity (Wildman–Crippen MR) is 159 cm³/mol. The van der Waals surface area contributed by atoms with E-state index in [0.717, 1.165) is 34.4 Å². The molecule has 0 radical (unpaired) electrons. The number of hydrogen-bond donors (Lipinski definition) is 3. The molecule has 198 valence electrons. The van der Waals surface area contributed by atoms with Crippen LogP contribution < -0.4 is 5.32 Å². The number of nitrogens with one attached hydrogen (secondary N) is 1. The summed E-state index contributed by atoms with van der Waals surface area (Å²) in [6.45, 7) is 9.25. The quantitative estimate of drug-likeness (QED) is 0.224. The fourth-order valence-electron chi connectivity index (χ4n) is 4.37. The van der Waals surface area contributed by atoms with Crippen molar-refractivity contribution in [1.29, 1.82) is 0 Å². The van der Waals surface area contributed by atoms with E-state index >= 15 is 0 Å². The molecule has 0 fully saturated rings. The highest BCUT2D eigenvalue weighted by Crippen LogP contribution is 2.39. The Kier molecular flexibility index (Phi) is 8.54. The van der Waals surface area contributed by atoms with Gasteiger partial charge >= 0.3 is 5.97 Å². The van der Waals surface area contributed by atoms with Crippen molar-refractivity contribution in [2.24, 2.45) is 0 Å². The molecule has 0 aromatic heterocycles. The Bertz CT molecular complexity index is 1490. The minimum atomic E-state index is -1.05. The highest BCUT2D eigenvalue weighted by atomic mass is 16.4. The number of anilines is 1. The molecule has 3 N–H and O–H groups in total. The Hall–Kier alpha value is -4.33. The Labute approximate surface area is 231 Å². The Morgan fingerprint density at radius 3 is 2.21 bits per heavy atom. The second kappa shape index (κ2) is 12.0. The fraction of sp³-hybridized carbons (Fsp3) is 0.229. The molecule has 4 nitrogen and oxygen atoms in total. The molecule has 0 aliphatic carbocycles. The zero-order valence-corrected chi connectivity index (χ0v) is 23.0. The third-order valence-corrected chi connectivity index (χ3v) is 6.74. The van der Waals surface area contributed by atoms with E-state index in [0.29, 0.717) is 12.1 Å². The number of hydrogen-bond acceptors (Lipinski definition) is 3. The third kappa shape index (κ3) is 7.16. The van der Waals surface area contributed by atoms with Crippen LogP contribution >= 0.6 is 0 Å². The second-order valence-corrected chi connectivity index (χ2v) is 10.8. The van der Waals surface area contributed by atoms with Crippen LogP contribution in [0.2, 0.25) is 0 Å². The van der Waals surface area contributed by atoms with Gasteiger partial charge in [0.1, 0.15) is 6.10 Å². The average Bonchev–Trinajstić information content (AvgIpc) is 2.92. The van der Waals surface area contributed by atoms with Crippen molar-refractivity contribution in [2.45, 2.75) is 45.6 Å². The SMILES string of the molecule is Cc1ccc(-c2cc(C(C)(C)C)cc(C(O)C#Cc3ccc(C(=O)O)cc3)c2NCCc2ccccc2)cc1. The van der Waals surface area contributed by atoms with Crippen LogP contribution in [0.25, 0.3) is 11.1 Å². The number of carbonyl (C=O) groups is 1. The molecule has 39 heavy (non-hydrogen) atoms. The Morgan fingerprint density at radius 2 is 1.59 bits per heavy atom. The maximum absolute atomic E-state index is 11.4. The van der Waals surface area contributed by atoms with Crippen molar-refractivity contribution in [1.82, 2.24) is 0 Å². The molecule has 4 rings (SSSR count). The summed E-state index contributed by atoms with van der Waals surface area (Å²) in [7, 11) is 0. The first kappa shape index (κ1) is 27.7. The van der Waals surface area contributed by atoms with Crippen LogP contribution in [0.1, 0.15) is 65.1 Å². The van der Waals surface area contributed by atoms with Crippen molar-refractivity contribution >= 4 is 11.7 Å². The average molecular weight is 518 g/mol. The van der Waals surface area contributed by atoms with Crippen LogP contribution in [-0.4, -0.2) is 22.7 Å². The van der Waals surface area contributed by atoms with Crippen LogP contribution in [0.3, 0.4) is 0 Å². The van der Waals surface area contributed by atoms with Crippen molar-refractivity contribution in [3.63, 3.8) is 0 Å². The van der Waals surface area contributed by atoms with E-state index in [1.807, 2.05) is 18.2 Å². The van der Waals surface area contributed by atoms with Gasteiger partial charge in [0.2, 0.25) is 0 Å². The monoisotopic (exact) mass is 517 g/mol. The van der Waals surface area contributed by atoms with Gasteiger partial charge in [0.15, 0.2) is 0 Å².